The van der Waals surface area contributed by atoms with Crippen molar-refractivity contribution in [1.82, 2.24) is 24.3 Å². The maximum atomic E-state index is 11.5. The Morgan fingerprint density at radius 2 is 2.03 bits per heavy atom. The lowest BCUT2D eigenvalue weighted by Gasteiger charge is -2.15. The molecule has 1 aliphatic rings. The second kappa shape index (κ2) is 9.33. The predicted molar refractivity (Wildman–Crippen MR) is 136 cm³/mol. The van der Waals surface area contributed by atoms with Crippen LogP contribution in [0.5, 0.6) is 5.88 Å². The lowest BCUT2D eigenvalue weighted by Crippen LogP contribution is -2.14. The van der Waals surface area contributed by atoms with Gasteiger partial charge in [0.05, 0.1) is 40.7 Å². The molecular weight excluding hydrogens is 512 g/mol. The van der Waals surface area contributed by atoms with Crippen molar-refractivity contribution in [2.75, 3.05) is 12.3 Å². The molecule has 5 rings (SSSR count). The Labute approximate surface area is 211 Å². The summed E-state index contributed by atoms with van der Waals surface area (Å²) in [7, 11) is 1.81. The molecule has 2 unspecified atom stereocenters. The zero-order chi connectivity index (χ0) is 24.7. The van der Waals surface area contributed by atoms with E-state index in [4.69, 9.17) is 10.5 Å². The van der Waals surface area contributed by atoms with E-state index in [9.17, 15) is 9.90 Å². The van der Waals surface area contributed by atoms with Crippen molar-refractivity contribution in [3.8, 4) is 17.1 Å². The van der Waals surface area contributed by atoms with Crippen LogP contribution in [0.25, 0.3) is 22.3 Å². The van der Waals surface area contributed by atoms with Gasteiger partial charge in [0.25, 0.3) is 0 Å². The van der Waals surface area contributed by atoms with E-state index in [1.54, 1.807) is 29.9 Å². The number of nitrogens with zero attached hydrogens (tertiary/aromatic N) is 5. The summed E-state index contributed by atoms with van der Waals surface area (Å²) in [5, 5.41) is 13.7. The second-order valence-electron chi connectivity index (χ2n) is 9.24. The number of imidazole rings is 1. The molecule has 1 aliphatic carbocycles. The average molecular weight is 539 g/mol. The summed E-state index contributed by atoms with van der Waals surface area (Å²) in [5.41, 5.74) is 10.2. The van der Waals surface area contributed by atoms with Crippen LogP contribution in [0.3, 0.4) is 0 Å². The van der Waals surface area contributed by atoms with E-state index in [-0.39, 0.29) is 5.56 Å². The van der Waals surface area contributed by atoms with E-state index in [2.05, 4.69) is 41.6 Å². The summed E-state index contributed by atoms with van der Waals surface area (Å²) in [4.78, 5) is 20.5. The molecule has 10 heteroatoms. The third-order valence-corrected chi connectivity index (χ3v) is 7.14. The summed E-state index contributed by atoms with van der Waals surface area (Å²) in [6.07, 6.45) is 4.87. The number of aromatic nitrogens is 5. The Hall–Kier alpha value is -3.40. The molecule has 3 N–H and O–H groups in total. The van der Waals surface area contributed by atoms with Gasteiger partial charge in [-0.25, -0.2) is 14.5 Å². The van der Waals surface area contributed by atoms with E-state index < -0.39 is 5.97 Å². The Morgan fingerprint density at radius 3 is 2.83 bits per heavy atom. The molecule has 2 atom stereocenters. The largest absolute Gasteiger partial charge is 0.478 e. The van der Waals surface area contributed by atoms with E-state index in [0.29, 0.717) is 47.2 Å². The van der Waals surface area contributed by atoms with Gasteiger partial charge in [0, 0.05) is 23.8 Å². The number of aryl methyl sites for hydroxylation is 2. The molecule has 3 heterocycles. The number of anilines is 1. The van der Waals surface area contributed by atoms with Gasteiger partial charge in [0.2, 0.25) is 11.8 Å². The van der Waals surface area contributed by atoms with Crippen molar-refractivity contribution in [3.63, 3.8) is 0 Å². The van der Waals surface area contributed by atoms with Gasteiger partial charge in [-0.05, 0) is 68.4 Å². The van der Waals surface area contributed by atoms with E-state index in [1.807, 2.05) is 19.2 Å². The van der Waals surface area contributed by atoms with Crippen LogP contribution >= 0.6 is 15.9 Å². The number of ether oxygens (including phenoxy) is 1. The normalized spacial score (nSPS) is 17.8. The average Bonchev–Trinajstić information content (AvgIpc) is 3.50. The highest BCUT2D eigenvalue weighted by molar-refractivity contribution is 9.10. The smallest absolute Gasteiger partial charge is 0.335 e. The number of hydrogen-bond acceptors (Lipinski definition) is 6. The van der Waals surface area contributed by atoms with Crippen molar-refractivity contribution < 1.29 is 14.6 Å². The summed E-state index contributed by atoms with van der Waals surface area (Å²) in [6, 6.07) is 9.13. The molecule has 1 aromatic carbocycles. The van der Waals surface area contributed by atoms with Gasteiger partial charge < -0.3 is 20.1 Å². The Bertz CT molecular complexity index is 1410. The number of nitrogens with two attached hydrogens (primary N) is 1. The highest BCUT2D eigenvalue weighted by Crippen LogP contribution is 2.36. The fraction of sp³-hybridized carbons (Fsp3) is 0.360. The lowest BCUT2D eigenvalue weighted by molar-refractivity contribution is 0.0696. The van der Waals surface area contributed by atoms with Crippen molar-refractivity contribution in [1.29, 1.82) is 0 Å². The maximum absolute atomic E-state index is 11.5. The molecular formula is C25H27BrN6O3. The summed E-state index contributed by atoms with van der Waals surface area (Å²) >= 11 is 3.54. The topological polar surface area (TPSA) is 121 Å². The third-order valence-electron chi connectivity index (χ3n) is 6.65. The van der Waals surface area contributed by atoms with Crippen LogP contribution in [-0.2, 0) is 13.6 Å². The maximum Gasteiger partial charge on any atom is 0.335 e. The Balaban J connectivity index is 1.27. The first-order valence-electron chi connectivity index (χ1n) is 11.6. The van der Waals surface area contributed by atoms with Gasteiger partial charge in [-0.3, -0.25) is 4.98 Å². The van der Waals surface area contributed by atoms with Crippen molar-refractivity contribution in [2.24, 2.45) is 18.9 Å². The first-order chi connectivity index (χ1) is 16.8. The summed E-state index contributed by atoms with van der Waals surface area (Å²) in [5.74, 6) is 1.05. The molecule has 1 saturated carbocycles. The first kappa shape index (κ1) is 23.3. The minimum atomic E-state index is -0.987. The SMILES string of the molecule is Cc1cc(C(=O)O)cc(-c2cnn(C)c2OCC2CCC(Cn3c(N)nc4ccc(Br)cc43)C2)n1. The molecule has 0 saturated heterocycles. The van der Waals surface area contributed by atoms with Gasteiger partial charge in [-0.2, -0.15) is 5.10 Å². The van der Waals surface area contributed by atoms with Crippen LogP contribution in [0.15, 0.2) is 41.0 Å². The van der Waals surface area contributed by atoms with Crippen LogP contribution in [0.1, 0.15) is 35.3 Å². The molecule has 0 amide bonds. The Morgan fingerprint density at radius 1 is 1.23 bits per heavy atom. The summed E-state index contributed by atoms with van der Waals surface area (Å²) in [6.45, 7) is 3.17. The number of fused-ring (bicyclic) bond motifs is 1. The van der Waals surface area contributed by atoms with Crippen LogP contribution in [-0.4, -0.2) is 42.0 Å². The molecule has 1 fully saturated rings. The predicted octanol–water partition coefficient (Wildman–Crippen LogP) is 4.68. The molecule has 0 radical (unpaired) electrons. The fourth-order valence-electron chi connectivity index (χ4n) is 4.96. The van der Waals surface area contributed by atoms with Gasteiger partial charge in [0.1, 0.15) is 0 Å². The number of hydrogen-bond donors (Lipinski definition) is 2. The number of benzene rings is 1. The molecule has 182 valence electrons. The van der Waals surface area contributed by atoms with E-state index in [1.165, 1.54) is 0 Å². The minimum Gasteiger partial charge on any atom is -0.478 e. The summed E-state index contributed by atoms with van der Waals surface area (Å²) < 4.78 is 11.0. The monoisotopic (exact) mass is 538 g/mol. The zero-order valence-electron chi connectivity index (χ0n) is 19.6. The van der Waals surface area contributed by atoms with Gasteiger partial charge in [-0.15, -0.1) is 0 Å². The molecule has 0 bridgehead atoms. The molecule has 4 aromatic rings. The number of halogens is 1. The minimum absolute atomic E-state index is 0.194. The first-order valence-corrected chi connectivity index (χ1v) is 12.4. The number of carboxylic acid groups (broad SMARTS) is 1. The van der Waals surface area contributed by atoms with Crippen molar-refractivity contribution in [2.45, 2.75) is 32.7 Å². The van der Waals surface area contributed by atoms with Crippen LogP contribution in [0.4, 0.5) is 5.95 Å². The number of aromatic carboxylic acids is 1. The number of carbonyl (C=O) groups is 1. The molecule has 3 aromatic heterocycles. The quantitative estimate of drug-likeness (QED) is 0.350. The highest BCUT2D eigenvalue weighted by Gasteiger charge is 2.27. The van der Waals surface area contributed by atoms with Crippen LogP contribution in [0.2, 0.25) is 0 Å². The van der Waals surface area contributed by atoms with Crippen molar-refractivity contribution in [3.05, 3.63) is 52.3 Å². The van der Waals surface area contributed by atoms with E-state index in [0.717, 1.165) is 41.3 Å². The fourth-order valence-corrected chi connectivity index (χ4v) is 5.31. The van der Waals surface area contributed by atoms with Gasteiger partial charge in [0.15, 0.2) is 0 Å². The molecule has 35 heavy (non-hydrogen) atoms. The highest BCUT2D eigenvalue weighted by atomic mass is 79.9. The number of rotatable bonds is 7. The lowest BCUT2D eigenvalue weighted by atomic mass is 10.1. The molecule has 0 aliphatic heterocycles. The van der Waals surface area contributed by atoms with E-state index >= 15 is 0 Å². The second-order valence-corrected chi connectivity index (χ2v) is 10.2. The Kier molecular flexibility index (Phi) is 6.22. The third kappa shape index (κ3) is 4.75. The number of pyridine rings is 1. The number of nitrogen functional groups attached to an aromatic ring is 1. The standard InChI is InChI=1S/C25H27BrN6O3/c1-14-7-17(24(33)34)9-21(29-14)19-11-28-31(2)23(19)35-13-16-4-3-15(8-16)12-32-22-10-18(26)5-6-20(22)30-25(32)27/h5-7,9-11,15-16H,3-4,8,12-13H2,1-2H3,(H2,27,30)(H,33,34). The van der Waals surface area contributed by atoms with Gasteiger partial charge >= 0.3 is 5.97 Å². The number of carboxylic acids is 1. The van der Waals surface area contributed by atoms with Crippen LogP contribution in [0, 0.1) is 18.8 Å². The molecule has 9 nitrogen and oxygen atoms in total. The molecule has 0 spiro atoms. The zero-order valence-corrected chi connectivity index (χ0v) is 21.2. The van der Waals surface area contributed by atoms with Crippen LogP contribution < -0.4 is 10.5 Å². The van der Waals surface area contributed by atoms with Crippen molar-refractivity contribution >= 4 is 38.9 Å². The van der Waals surface area contributed by atoms with Gasteiger partial charge in [-0.1, -0.05) is 15.9 Å².